The van der Waals surface area contributed by atoms with Gasteiger partial charge in [-0.15, -0.1) is 0 Å². The monoisotopic (exact) mass is 305 g/mol. The Balaban J connectivity index is 1.54. The van der Waals surface area contributed by atoms with Crippen LogP contribution in [0.15, 0.2) is 24.5 Å². The van der Waals surface area contributed by atoms with E-state index in [0.29, 0.717) is 11.7 Å². The van der Waals surface area contributed by atoms with Crippen molar-refractivity contribution in [3.8, 4) is 0 Å². The maximum atomic E-state index is 5.69. The summed E-state index contributed by atoms with van der Waals surface area (Å²) in [7, 11) is 0. The molecule has 0 aliphatic heterocycles. The highest BCUT2D eigenvalue weighted by Gasteiger charge is 2.23. The number of pyridine rings is 1. The highest BCUT2D eigenvalue weighted by Crippen LogP contribution is 2.39. The molecule has 4 rings (SSSR count). The molecule has 1 fully saturated rings. The molecule has 0 bridgehead atoms. The molecule has 5 nitrogen and oxygen atoms in total. The van der Waals surface area contributed by atoms with E-state index in [4.69, 9.17) is 11.6 Å². The Bertz CT molecular complexity index is 761. The smallest absolute Gasteiger partial charge is 0.236 e. The van der Waals surface area contributed by atoms with Gasteiger partial charge in [-0.1, -0.05) is 6.07 Å². The van der Waals surface area contributed by atoms with Crippen LogP contribution in [0.2, 0.25) is 5.28 Å². The van der Waals surface area contributed by atoms with Crippen molar-refractivity contribution in [1.82, 2.24) is 18.7 Å². The molecule has 1 N–H and O–H groups in total. The van der Waals surface area contributed by atoms with Gasteiger partial charge in [-0.2, -0.15) is 9.36 Å². The van der Waals surface area contributed by atoms with Crippen LogP contribution in [0.3, 0.4) is 0 Å². The maximum absolute atomic E-state index is 5.69. The number of nitrogens with one attached hydrogen (secondary N) is 1. The van der Waals surface area contributed by atoms with Crippen LogP contribution in [0.1, 0.15) is 30.0 Å². The molecule has 0 saturated heterocycles. The van der Waals surface area contributed by atoms with Crippen molar-refractivity contribution in [3.05, 3.63) is 41.1 Å². The van der Waals surface area contributed by atoms with Crippen LogP contribution >= 0.6 is 23.1 Å². The Labute approximate surface area is 124 Å². The fraction of sp³-hybridized carbons (Fsp3) is 0.308. The number of hydrogen-bond acceptors (Lipinski definition) is 5. The van der Waals surface area contributed by atoms with Crippen LogP contribution in [0.4, 0.5) is 5.13 Å². The summed E-state index contributed by atoms with van der Waals surface area (Å²) in [6.07, 6.45) is 6.86. The quantitative estimate of drug-likeness (QED) is 0.803. The van der Waals surface area contributed by atoms with E-state index in [-0.39, 0.29) is 5.28 Å². The van der Waals surface area contributed by atoms with E-state index in [1.807, 2.05) is 0 Å². The minimum absolute atomic E-state index is 0.279. The van der Waals surface area contributed by atoms with Crippen molar-refractivity contribution < 1.29 is 0 Å². The van der Waals surface area contributed by atoms with Gasteiger partial charge in [-0.05, 0) is 42.0 Å². The number of halogens is 1. The fourth-order valence-corrected chi connectivity index (χ4v) is 2.95. The molecule has 1 aliphatic rings. The number of aromatic nitrogens is 4. The lowest BCUT2D eigenvalue weighted by Gasteiger charge is -1.98. The number of nitrogens with zero attached hydrogens (tertiary/aromatic N) is 4. The zero-order chi connectivity index (χ0) is 13.5. The Morgan fingerprint density at radius 3 is 2.95 bits per heavy atom. The third-order valence-corrected chi connectivity index (χ3v) is 4.34. The lowest BCUT2D eigenvalue weighted by atomic mass is 10.2. The third-order valence-electron chi connectivity index (χ3n) is 3.39. The second-order valence-corrected chi connectivity index (χ2v) is 6.05. The molecule has 7 heteroatoms. The number of rotatable bonds is 4. The molecular weight excluding hydrogens is 294 g/mol. The molecule has 0 atom stereocenters. The van der Waals surface area contributed by atoms with Gasteiger partial charge in [0.05, 0.1) is 12.2 Å². The second kappa shape index (κ2) is 4.71. The predicted octanol–water partition coefficient (Wildman–Crippen LogP) is 3.33. The van der Waals surface area contributed by atoms with Crippen molar-refractivity contribution in [3.63, 3.8) is 0 Å². The predicted molar refractivity (Wildman–Crippen MR) is 79.4 cm³/mol. The van der Waals surface area contributed by atoms with E-state index in [0.717, 1.165) is 17.3 Å². The Morgan fingerprint density at radius 1 is 1.30 bits per heavy atom. The van der Waals surface area contributed by atoms with E-state index >= 15 is 0 Å². The summed E-state index contributed by atoms with van der Waals surface area (Å²) in [5.41, 5.74) is 3.36. The Kier molecular flexibility index (Phi) is 2.85. The van der Waals surface area contributed by atoms with Crippen molar-refractivity contribution in [2.24, 2.45) is 0 Å². The van der Waals surface area contributed by atoms with Gasteiger partial charge >= 0.3 is 0 Å². The molecule has 20 heavy (non-hydrogen) atoms. The minimum Gasteiger partial charge on any atom is -0.355 e. The van der Waals surface area contributed by atoms with E-state index in [1.54, 1.807) is 0 Å². The number of hydrogen-bond donors (Lipinski definition) is 1. The molecule has 1 aliphatic carbocycles. The van der Waals surface area contributed by atoms with Crippen molar-refractivity contribution >= 4 is 33.9 Å². The minimum atomic E-state index is 0.279. The van der Waals surface area contributed by atoms with Crippen LogP contribution < -0.4 is 5.32 Å². The number of imidazole rings is 1. The largest absolute Gasteiger partial charge is 0.355 e. The summed E-state index contributed by atoms with van der Waals surface area (Å²) in [6.45, 7) is 0.617. The van der Waals surface area contributed by atoms with Gasteiger partial charge < -0.3 is 9.72 Å². The van der Waals surface area contributed by atoms with Gasteiger partial charge in [0, 0.05) is 23.9 Å². The first-order chi connectivity index (χ1) is 9.78. The normalized spacial score (nSPS) is 14.8. The molecular formula is C13H12ClN5S. The van der Waals surface area contributed by atoms with Crippen molar-refractivity contribution in [2.45, 2.75) is 25.3 Å². The second-order valence-electron chi connectivity index (χ2n) is 4.96. The molecule has 3 aromatic rings. The molecule has 3 heterocycles. The summed E-state index contributed by atoms with van der Waals surface area (Å²) >= 11 is 6.94. The number of fused-ring (bicyclic) bond motifs is 1. The van der Waals surface area contributed by atoms with Crippen LogP contribution in [0.25, 0.3) is 5.65 Å². The standard InChI is InChI=1S/C13H12ClN5S/c14-12-17-13(20-18-12)15-5-10-7-19-6-9(8-1-2-8)3-4-11(19)16-10/h3-4,6-8H,1-2,5H2,(H,15,17,18). The molecule has 0 unspecified atom stereocenters. The van der Waals surface area contributed by atoms with Crippen LogP contribution in [-0.2, 0) is 6.54 Å². The van der Waals surface area contributed by atoms with Gasteiger partial charge in [-0.3, -0.25) is 0 Å². The molecule has 0 amide bonds. The maximum Gasteiger partial charge on any atom is 0.236 e. The van der Waals surface area contributed by atoms with Crippen molar-refractivity contribution in [2.75, 3.05) is 5.32 Å². The van der Waals surface area contributed by atoms with E-state index < -0.39 is 0 Å². The molecule has 102 valence electrons. The van der Waals surface area contributed by atoms with E-state index in [9.17, 15) is 0 Å². The zero-order valence-electron chi connectivity index (χ0n) is 10.6. The first kappa shape index (κ1) is 12.1. The summed E-state index contributed by atoms with van der Waals surface area (Å²) in [5, 5.41) is 4.17. The average molecular weight is 306 g/mol. The van der Waals surface area contributed by atoms with Crippen LogP contribution in [-0.4, -0.2) is 18.7 Å². The lowest BCUT2D eigenvalue weighted by Crippen LogP contribution is -1.98. The first-order valence-corrected chi connectivity index (χ1v) is 7.64. The molecule has 0 radical (unpaired) electrons. The van der Waals surface area contributed by atoms with Gasteiger partial charge in [-0.25, -0.2) is 4.98 Å². The van der Waals surface area contributed by atoms with Gasteiger partial charge in [0.1, 0.15) is 5.65 Å². The first-order valence-electron chi connectivity index (χ1n) is 6.48. The summed E-state index contributed by atoms with van der Waals surface area (Å²) in [6, 6.07) is 4.26. The fourth-order valence-electron chi connectivity index (χ4n) is 2.25. The summed E-state index contributed by atoms with van der Waals surface area (Å²) in [5.74, 6) is 0.756. The topological polar surface area (TPSA) is 55.1 Å². The zero-order valence-corrected chi connectivity index (χ0v) is 12.2. The van der Waals surface area contributed by atoms with Gasteiger partial charge in [0.15, 0.2) is 0 Å². The molecule has 1 saturated carbocycles. The lowest BCUT2D eigenvalue weighted by molar-refractivity contribution is 1.05. The summed E-state index contributed by atoms with van der Waals surface area (Å²) < 4.78 is 6.01. The third kappa shape index (κ3) is 2.36. The average Bonchev–Trinajstić information content (AvgIpc) is 3.09. The highest BCUT2D eigenvalue weighted by molar-refractivity contribution is 7.09. The van der Waals surface area contributed by atoms with Crippen molar-refractivity contribution in [1.29, 1.82) is 0 Å². The Hall–Kier alpha value is -1.66. The molecule has 0 aromatic carbocycles. The highest BCUT2D eigenvalue weighted by atomic mass is 35.5. The van der Waals surface area contributed by atoms with Crippen LogP contribution in [0.5, 0.6) is 0 Å². The summed E-state index contributed by atoms with van der Waals surface area (Å²) in [4.78, 5) is 8.63. The van der Waals surface area contributed by atoms with Gasteiger partial charge in [0.25, 0.3) is 0 Å². The SMILES string of the molecule is Clc1nsc(NCc2cn3cc(C4CC4)ccc3n2)n1. The molecule has 3 aromatic heterocycles. The number of anilines is 1. The Morgan fingerprint density at radius 2 is 2.20 bits per heavy atom. The van der Waals surface area contributed by atoms with E-state index in [1.165, 1.54) is 29.9 Å². The van der Waals surface area contributed by atoms with Gasteiger partial charge in [0.2, 0.25) is 10.4 Å². The molecule has 0 spiro atoms. The van der Waals surface area contributed by atoms with E-state index in [2.05, 4.69) is 48.6 Å². The van der Waals surface area contributed by atoms with Crippen LogP contribution in [0, 0.1) is 0 Å².